The number of aliphatic hydroxyl groups is 2. The Hall–Kier alpha value is -1.66. The summed E-state index contributed by atoms with van der Waals surface area (Å²) < 4.78 is 13.6. The number of carbonyl (C=O) groups is 1. The van der Waals surface area contributed by atoms with Gasteiger partial charge in [-0.25, -0.2) is 4.39 Å². The van der Waals surface area contributed by atoms with E-state index in [2.05, 4.69) is 10.6 Å². The van der Waals surface area contributed by atoms with E-state index in [0.717, 1.165) is 0 Å². The summed E-state index contributed by atoms with van der Waals surface area (Å²) in [5.41, 5.74) is 1.40. The summed E-state index contributed by atoms with van der Waals surface area (Å²) in [4.78, 5) is 11.1. The van der Waals surface area contributed by atoms with Crippen LogP contribution in [-0.2, 0) is 11.2 Å². The van der Waals surface area contributed by atoms with E-state index < -0.39 is 18.5 Å². The van der Waals surface area contributed by atoms with E-state index in [-0.39, 0.29) is 24.6 Å². The van der Waals surface area contributed by atoms with E-state index >= 15 is 0 Å². The smallest absolute Gasteiger partial charge is 0.228 e. The second-order valence-corrected chi connectivity index (χ2v) is 3.93. The predicted octanol–water partition coefficient (Wildman–Crippen LogP) is 0.0854. The van der Waals surface area contributed by atoms with E-state index in [1.807, 2.05) is 0 Å². The van der Waals surface area contributed by atoms with E-state index in [1.165, 1.54) is 12.1 Å². The zero-order chi connectivity index (χ0) is 12.4. The summed E-state index contributed by atoms with van der Waals surface area (Å²) in [6.45, 7) is -0.351. The molecule has 17 heavy (non-hydrogen) atoms. The number of anilines is 2. The Morgan fingerprint density at radius 3 is 3.00 bits per heavy atom. The molecule has 0 aromatic heterocycles. The molecule has 1 aromatic rings. The van der Waals surface area contributed by atoms with Crippen molar-refractivity contribution in [2.45, 2.75) is 12.5 Å². The first kappa shape index (κ1) is 11.8. The molecule has 0 saturated carbocycles. The highest BCUT2D eigenvalue weighted by molar-refractivity contribution is 5.99. The van der Waals surface area contributed by atoms with Crippen LogP contribution in [0.15, 0.2) is 12.1 Å². The predicted molar refractivity (Wildman–Crippen MR) is 60.3 cm³/mol. The van der Waals surface area contributed by atoms with Crippen molar-refractivity contribution in [3.63, 3.8) is 0 Å². The average molecular weight is 240 g/mol. The molecular weight excluding hydrogens is 227 g/mol. The third kappa shape index (κ3) is 2.54. The molecular formula is C11H13FN2O3. The molecule has 5 nitrogen and oxygen atoms in total. The first-order valence-electron chi connectivity index (χ1n) is 5.25. The monoisotopic (exact) mass is 240 g/mol. The number of hydrogen-bond acceptors (Lipinski definition) is 4. The first-order valence-corrected chi connectivity index (χ1v) is 5.25. The van der Waals surface area contributed by atoms with Crippen molar-refractivity contribution < 1.29 is 19.4 Å². The highest BCUT2D eigenvalue weighted by atomic mass is 19.1. The van der Waals surface area contributed by atoms with Crippen LogP contribution in [0.1, 0.15) is 5.56 Å². The lowest BCUT2D eigenvalue weighted by atomic mass is 10.1. The van der Waals surface area contributed by atoms with Gasteiger partial charge in [-0.05, 0) is 17.7 Å². The van der Waals surface area contributed by atoms with Crippen LogP contribution >= 0.6 is 0 Å². The Kier molecular flexibility index (Phi) is 3.26. The molecule has 0 radical (unpaired) electrons. The number of aliphatic hydroxyl groups excluding tert-OH is 2. The fourth-order valence-corrected chi connectivity index (χ4v) is 1.67. The van der Waals surface area contributed by atoms with E-state index in [9.17, 15) is 9.18 Å². The number of halogens is 1. The zero-order valence-electron chi connectivity index (χ0n) is 9.03. The van der Waals surface area contributed by atoms with Crippen molar-refractivity contribution in [2.75, 3.05) is 23.8 Å². The Morgan fingerprint density at radius 1 is 1.53 bits per heavy atom. The molecule has 0 spiro atoms. The Bertz CT molecular complexity index is 451. The normalized spacial score (nSPS) is 15.4. The number of rotatable bonds is 4. The van der Waals surface area contributed by atoms with Crippen molar-refractivity contribution in [1.29, 1.82) is 0 Å². The van der Waals surface area contributed by atoms with Crippen molar-refractivity contribution in [2.24, 2.45) is 0 Å². The minimum absolute atomic E-state index is 0.0418. The fourth-order valence-electron chi connectivity index (χ4n) is 1.67. The summed E-state index contributed by atoms with van der Waals surface area (Å²) in [6, 6.07) is 2.78. The van der Waals surface area contributed by atoms with Gasteiger partial charge in [-0.15, -0.1) is 0 Å². The SMILES string of the molecule is O=C1Cc2cc(F)c(NCC(O)CO)cc2N1. The molecule has 1 amide bonds. The second kappa shape index (κ2) is 4.68. The molecule has 0 fully saturated rings. The van der Waals surface area contributed by atoms with Gasteiger partial charge in [-0.3, -0.25) is 4.79 Å². The highest BCUT2D eigenvalue weighted by Gasteiger charge is 2.20. The Balaban J connectivity index is 2.14. The molecule has 0 saturated heterocycles. The first-order chi connectivity index (χ1) is 8.10. The van der Waals surface area contributed by atoms with Gasteiger partial charge in [0.25, 0.3) is 0 Å². The summed E-state index contributed by atoms with van der Waals surface area (Å²) in [7, 11) is 0. The fraction of sp³-hybridized carbons (Fsp3) is 0.364. The van der Waals surface area contributed by atoms with E-state index in [0.29, 0.717) is 11.3 Å². The number of amides is 1. The van der Waals surface area contributed by atoms with Gasteiger partial charge < -0.3 is 20.8 Å². The van der Waals surface area contributed by atoms with E-state index in [1.54, 1.807) is 0 Å². The van der Waals surface area contributed by atoms with Crippen molar-refractivity contribution in [3.8, 4) is 0 Å². The largest absolute Gasteiger partial charge is 0.394 e. The molecule has 4 N–H and O–H groups in total. The van der Waals surface area contributed by atoms with Gasteiger partial charge in [0.1, 0.15) is 5.82 Å². The van der Waals surface area contributed by atoms with Gasteiger partial charge in [-0.2, -0.15) is 0 Å². The van der Waals surface area contributed by atoms with Crippen LogP contribution in [0.2, 0.25) is 0 Å². The topological polar surface area (TPSA) is 81.6 Å². The molecule has 1 aliphatic rings. The number of carbonyl (C=O) groups excluding carboxylic acids is 1. The third-order valence-electron chi connectivity index (χ3n) is 2.56. The second-order valence-electron chi connectivity index (χ2n) is 3.93. The highest BCUT2D eigenvalue weighted by Crippen LogP contribution is 2.28. The number of hydrogen-bond donors (Lipinski definition) is 4. The van der Waals surface area contributed by atoms with Crippen molar-refractivity contribution in [1.82, 2.24) is 0 Å². The molecule has 92 valence electrons. The molecule has 0 bridgehead atoms. The van der Waals surface area contributed by atoms with Gasteiger partial charge in [-0.1, -0.05) is 0 Å². The van der Waals surface area contributed by atoms with Crippen LogP contribution in [0.3, 0.4) is 0 Å². The minimum atomic E-state index is -0.947. The quantitative estimate of drug-likeness (QED) is 0.601. The van der Waals surface area contributed by atoms with Crippen molar-refractivity contribution >= 4 is 17.3 Å². The molecule has 1 aromatic carbocycles. The standard InChI is InChI=1S/C11H13FN2O3/c12-8-1-6-2-11(17)14-9(6)3-10(8)13-4-7(16)5-15/h1,3,7,13,15-16H,2,4-5H2,(H,14,17). The Morgan fingerprint density at radius 2 is 2.29 bits per heavy atom. The molecule has 1 atom stereocenters. The molecule has 1 unspecified atom stereocenters. The maximum Gasteiger partial charge on any atom is 0.228 e. The minimum Gasteiger partial charge on any atom is -0.394 e. The number of fused-ring (bicyclic) bond motifs is 1. The number of benzene rings is 1. The van der Waals surface area contributed by atoms with Crippen LogP contribution < -0.4 is 10.6 Å². The van der Waals surface area contributed by atoms with Crippen LogP contribution in [-0.4, -0.2) is 35.4 Å². The van der Waals surface area contributed by atoms with Gasteiger partial charge in [0.05, 0.1) is 24.8 Å². The lowest BCUT2D eigenvalue weighted by Crippen LogP contribution is -2.23. The zero-order valence-corrected chi connectivity index (χ0v) is 9.03. The average Bonchev–Trinajstić information content (AvgIpc) is 2.64. The maximum absolute atomic E-state index is 13.6. The van der Waals surface area contributed by atoms with Crippen LogP contribution in [0.5, 0.6) is 0 Å². The molecule has 6 heteroatoms. The van der Waals surface area contributed by atoms with Crippen LogP contribution in [0.4, 0.5) is 15.8 Å². The molecule has 1 heterocycles. The maximum atomic E-state index is 13.6. The van der Waals surface area contributed by atoms with Gasteiger partial charge in [0, 0.05) is 12.2 Å². The van der Waals surface area contributed by atoms with Gasteiger partial charge in [0.2, 0.25) is 5.91 Å². The van der Waals surface area contributed by atoms with Crippen LogP contribution in [0, 0.1) is 5.82 Å². The van der Waals surface area contributed by atoms with E-state index in [4.69, 9.17) is 10.2 Å². The van der Waals surface area contributed by atoms with Crippen LogP contribution in [0.25, 0.3) is 0 Å². The molecule has 2 rings (SSSR count). The molecule has 1 aliphatic heterocycles. The summed E-state index contributed by atoms with van der Waals surface area (Å²) in [5.74, 6) is -0.641. The lowest BCUT2D eigenvalue weighted by Gasteiger charge is -2.12. The van der Waals surface area contributed by atoms with Crippen molar-refractivity contribution in [3.05, 3.63) is 23.5 Å². The summed E-state index contributed by atoms with van der Waals surface area (Å²) in [5, 5.41) is 23.1. The lowest BCUT2D eigenvalue weighted by molar-refractivity contribution is -0.115. The van der Waals surface area contributed by atoms with Gasteiger partial charge >= 0.3 is 0 Å². The third-order valence-corrected chi connectivity index (χ3v) is 2.56. The Labute approximate surface area is 97.3 Å². The summed E-state index contributed by atoms with van der Waals surface area (Å²) >= 11 is 0. The summed E-state index contributed by atoms with van der Waals surface area (Å²) in [6.07, 6.45) is -0.761. The number of nitrogens with one attached hydrogen (secondary N) is 2. The molecule has 0 aliphatic carbocycles. The van der Waals surface area contributed by atoms with Gasteiger partial charge in [0.15, 0.2) is 0 Å².